The maximum atomic E-state index is 12.3. The van der Waals surface area contributed by atoms with Gasteiger partial charge >= 0.3 is 0 Å². The standard InChI is InChI=1S/C11H16N2O3S/c1-8-6-9(12)11(14)10(7-8)17(15,16)13-4-2-3-5-13/h6-7,14H,2-5,12H2,1H3. The van der Waals surface area contributed by atoms with Crippen molar-refractivity contribution in [1.29, 1.82) is 0 Å². The first-order valence-corrected chi connectivity index (χ1v) is 6.96. The molecule has 1 aliphatic heterocycles. The molecule has 94 valence electrons. The molecule has 17 heavy (non-hydrogen) atoms. The Morgan fingerprint density at radius 3 is 2.47 bits per heavy atom. The van der Waals surface area contributed by atoms with Crippen LogP contribution in [0, 0.1) is 6.92 Å². The number of anilines is 1. The van der Waals surface area contributed by atoms with E-state index in [-0.39, 0.29) is 16.3 Å². The van der Waals surface area contributed by atoms with E-state index >= 15 is 0 Å². The van der Waals surface area contributed by atoms with E-state index in [0.29, 0.717) is 13.1 Å². The van der Waals surface area contributed by atoms with Gasteiger partial charge in [-0.3, -0.25) is 0 Å². The van der Waals surface area contributed by atoms with Gasteiger partial charge in [0.05, 0.1) is 5.69 Å². The molecule has 1 saturated heterocycles. The number of rotatable bonds is 2. The number of nitrogens with zero attached hydrogens (tertiary/aromatic N) is 1. The Hall–Kier alpha value is -1.27. The van der Waals surface area contributed by atoms with Gasteiger partial charge < -0.3 is 10.8 Å². The van der Waals surface area contributed by atoms with Crippen molar-refractivity contribution in [2.45, 2.75) is 24.7 Å². The molecule has 1 aliphatic rings. The molecule has 0 radical (unpaired) electrons. The molecule has 0 unspecified atom stereocenters. The van der Waals surface area contributed by atoms with Crippen molar-refractivity contribution in [2.75, 3.05) is 18.8 Å². The van der Waals surface area contributed by atoms with Crippen LogP contribution in [0.5, 0.6) is 5.75 Å². The number of nitrogens with two attached hydrogens (primary N) is 1. The van der Waals surface area contributed by atoms with Crippen molar-refractivity contribution >= 4 is 15.7 Å². The highest BCUT2D eigenvalue weighted by molar-refractivity contribution is 7.89. The predicted octanol–water partition coefficient (Wildman–Crippen LogP) is 1.07. The van der Waals surface area contributed by atoms with Crippen molar-refractivity contribution < 1.29 is 13.5 Å². The number of sulfonamides is 1. The number of benzene rings is 1. The lowest BCUT2D eigenvalue weighted by Gasteiger charge is -2.17. The van der Waals surface area contributed by atoms with Crippen LogP contribution in [0.1, 0.15) is 18.4 Å². The summed E-state index contributed by atoms with van der Waals surface area (Å²) in [5.41, 5.74) is 6.40. The van der Waals surface area contributed by atoms with E-state index in [0.717, 1.165) is 18.4 Å². The van der Waals surface area contributed by atoms with E-state index in [2.05, 4.69) is 0 Å². The van der Waals surface area contributed by atoms with Crippen LogP contribution in [0.25, 0.3) is 0 Å². The lowest BCUT2D eigenvalue weighted by atomic mass is 10.2. The van der Waals surface area contributed by atoms with Gasteiger partial charge in [-0.05, 0) is 37.5 Å². The minimum atomic E-state index is -3.61. The summed E-state index contributed by atoms with van der Waals surface area (Å²) in [7, 11) is -3.61. The number of aryl methyl sites for hydroxylation is 1. The molecular weight excluding hydrogens is 240 g/mol. The Balaban J connectivity index is 2.52. The molecule has 0 bridgehead atoms. The zero-order valence-corrected chi connectivity index (χ0v) is 10.5. The number of aromatic hydroxyl groups is 1. The van der Waals surface area contributed by atoms with E-state index in [9.17, 15) is 13.5 Å². The maximum absolute atomic E-state index is 12.3. The fourth-order valence-corrected chi connectivity index (χ4v) is 3.75. The largest absolute Gasteiger partial charge is 0.504 e. The van der Waals surface area contributed by atoms with Crippen LogP contribution < -0.4 is 5.73 Å². The Labute approximate surface area is 101 Å². The second kappa shape index (κ2) is 4.19. The number of nitrogen functional groups attached to an aromatic ring is 1. The van der Waals surface area contributed by atoms with Crippen LogP contribution in [0.2, 0.25) is 0 Å². The van der Waals surface area contributed by atoms with Crippen molar-refractivity contribution in [3.05, 3.63) is 17.7 Å². The molecule has 0 amide bonds. The average molecular weight is 256 g/mol. The van der Waals surface area contributed by atoms with Gasteiger partial charge in [0.15, 0.2) is 5.75 Å². The van der Waals surface area contributed by atoms with Crippen molar-refractivity contribution in [2.24, 2.45) is 0 Å². The fraction of sp³-hybridized carbons (Fsp3) is 0.455. The maximum Gasteiger partial charge on any atom is 0.246 e. The second-order valence-corrected chi connectivity index (χ2v) is 6.22. The molecule has 0 atom stereocenters. The zero-order chi connectivity index (χ0) is 12.6. The molecule has 0 saturated carbocycles. The highest BCUT2D eigenvalue weighted by Crippen LogP contribution is 2.33. The summed E-state index contributed by atoms with van der Waals surface area (Å²) < 4.78 is 25.9. The molecule has 1 aromatic rings. The summed E-state index contributed by atoms with van der Waals surface area (Å²) in [6.45, 7) is 2.77. The fourth-order valence-electron chi connectivity index (χ4n) is 2.04. The monoisotopic (exact) mass is 256 g/mol. The van der Waals surface area contributed by atoms with Crippen molar-refractivity contribution in [3.63, 3.8) is 0 Å². The van der Waals surface area contributed by atoms with Gasteiger partial charge in [0.2, 0.25) is 10.0 Å². The third-order valence-electron chi connectivity index (χ3n) is 2.93. The first-order chi connectivity index (χ1) is 7.93. The number of hydrogen-bond acceptors (Lipinski definition) is 4. The molecule has 0 aliphatic carbocycles. The van der Waals surface area contributed by atoms with Gasteiger partial charge in [-0.2, -0.15) is 4.31 Å². The molecular formula is C11H16N2O3S. The summed E-state index contributed by atoms with van der Waals surface area (Å²) in [4.78, 5) is -0.0862. The lowest BCUT2D eigenvalue weighted by molar-refractivity contribution is 0.445. The Bertz CT molecular complexity index is 534. The van der Waals surface area contributed by atoms with Crippen LogP contribution in [0.15, 0.2) is 17.0 Å². The van der Waals surface area contributed by atoms with E-state index in [1.807, 2.05) is 0 Å². The van der Waals surface area contributed by atoms with Gasteiger partial charge in [0.1, 0.15) is 4.90 Å². The summed E-state index contributed by atoms with van der Waals surface area (Å²) in [5, 5.41) is 9.79. The van der Waals surface area contributed by atoms with Gasteiger partial charge in [-0.1, -0.05) is 0 Å². The molecule has 6 heteroatoms. The molecule has 2 rings (SSSR count). The quantitative estimate of drug-likeness (QED) is 0.612. The Morgan fingerprint density at radius 1 is 1.29 bits per heavy atom. The average Bonchev–Trinajstić information content (AvgIpc) is 2.76. The molecule has 1 fully saturated rings. The Morgan fingerprint density at radius 2 is 1.88 bits per heavy atom. The summed E-state index contributed by atoms with van der Waals surface area (Å²) in [6, 6.07) is 3.01. The summed E-state index contributed by atoms with van der Waals surface area (Å²) in [5.74, 6) is -0.345. The molecule has 5 nitrogen and oxygen atoms in total. The van der Waals surface area contributed by atoms with Crippen molar-refractivity contribution in [1.82, 2.24) is 4.31 Å². The van der Waals surface area contributed by atoms with E-state index < -0.39 is 10.0 Å². The number of phenols is 1. The topological polar surface area (TPSA) is 83.6 Å². The number of phenolic OH excluding ortho intramolecular Hbond substituents is 1. The van der Waals surface area contributed by atoms with Gasteiger partial charge in [-0.25, -0.2) is 8.42 Å². The minimum absolute atomic E-state index is 0.0862. The van der Waals surface area contributed by atoms with Crippen molar-refractivity contribution in [3.8, 4) is 5.75 Å². The van der Waals surface area contributed by atoms with Gasteiger partial charge in [0.25, 0.3) is 0 Å². The normalized spacial score (nSPS) is 17.5. The summed E-state index contributed by atoms with van der Waals surface area (Å²) in [6.07, 6.45) is 1.72. The summed E-state index contributed by atoms with van der Waals surface area (Å²) >= 11 is 0. The van der Waals surface area contributed by atoms with Gasteiger partial charge in [-0.15, -0.1) is 0 Å². The highest BCUT2D eigenvalue weighted by Gasteiger charge is 2.30. The van der Waals surface area contributed by atoms with Crippen LogP contribution in [0.3, 0.4) is 0 Å². The first-order valence-electron chi connectivity index (χ1n) is 5.52. The third kappa shape index (κ3) is 2.10. The molecule has 3 N–H and O–H groups in total. The smallest absolute Gasteiger partial charge is 0.246 e. The van der Waals surface area contributed by atoms with Crippen LogP contribution in [-0.4, -0.2) is 30.9 Å². The van der Waals surface area contributed by atoms with Gasteiger partial charge in [0, 0.05) is 13.1 Å². The lowest BCUT2D eigenvalue weighted by Crippen LogP contribution is -2.28. The van der Waals surface area contributed by atoms with E-state index in [1.165, 1.54) is 10.4 Å². The first kappa shape index (κ1) is 12.2. The Kier molecular flexibility index (Phi) is 3.01. The second-order valence-electron chi connectivity index (χ2n) is 4.31. The molecule has 1 heterocycles. The van der Waals surface area contributed by atoms with Crippen LogP contribution in [0.4, 0.5) is 5.69 Å². The molecule has 0 spiro atoms. The molecule has 0 aromatic heterocycles. The van der Waals surface area contributed by atoms with Crippen LogP contribution in [-0.2, 0) is 10.0 Å². The van der Waals surface area contributed by atoms with E-state index in [1.54, 1.807) is 13.0 Å². The van der Waals surface area contributed by atoms with Crippen LogP contribution >= 0.6 is 0 Å². The third-order valence-corrected chi connectivity index (χ3v) is 4.84. The zero-order valence-electron chi connectivity index (χ0n) is 9.68. The predicted molar refractivity (Wildman–Crippen MR) is 65.2 cm³/mol. The number of hydrogen-bond donors (Lipinski definition) is 2. The minimum Gasteiger partial charge on any atom is -0.504 e. The van der Waals surface area contributed by atoms with E-state index in [4.69, 9.17) is 5.73 Å². The molecule has 1 aromatic carbocycles. The SMILES string of the molecule is Cc1cc(N)c(O)c(S(=O)(=O)N2CCCC2)c1. The highest BCUT2D eigenvalue weighted by atomic mass is 32.2.